The minimum atomic E-state index is -0.275. The van der Waals surface area contributed by atoms with Gasteiger partial charge in [-0.2, -0.15) is 0 Å². The molecule has 0 unspecified atom stereocenters. The molecule has 1 aromatic rings. The van der Waals surface area contributed by atoms with Crippen molar-refractivity contribution in [2.45, 2.75) is 30.9 Å². The van der Waals surface area contributed by atoms with E-state index >= 15 is 0 Å². The first-order chi connectivity index (χ1) is 9.26. The van der Waals surface area contributed by atoms with Gasteiger partial charge in [0, 0.05) is 32.0 Å². The van der Waals surface area contributed by atoms with Crippen LogP contribution in [0.2, 0.25) is 0 Å². The Balaban J connectivity index is 1.67. The third-order valence-electron chi connectivity index (χ3n) is 4.81. The van der Waals surface area contributed by atoms with Crippen LogP contribution >= 0.6 is 0 Å². The predicted octanol–water partition coefficient (Wildman–Crippen LogP) is 1.86. The summed E-state index contributed by atoms with van der Waals surface area (Å²) in [5.74, 6) is 0. The van der Waals surface area contributed by atoms with Crippen molar-refractivity contribution in [3.8, 4) is 0 Å². The minimum absolute atomic E-state index is 0.252. The van der Waals surface area contributed by atoms with Gasteiger partial charge in [-0.05, 0) is 17.5 Å². The molecule has 4 rings (SSSR count). The molecule has 4 heteroatoms. The molecule has 3 aliphatic heterocycles. The highest BCUT2D eigenvalue weighted by atomic mass is 16.6. The van der Waals surface area contributed by atoms with E-state index in [1.807, 2.05) is 0 Å². The van der Waals surface area contributed by atoms with Gasteiger partial charge in [-0.1, -0.05) is 24.3 Å². The summed E-state index contributed by atoms with van der Waals surface area (Å²) >= 11 is 0. The SMILES string of the molecule is O=C1NC[C@]2(CCN3CCc4ccccc4[C@@H]3C2)O1. The molecule has 2 saturated heterocycles. The number of carbonyl (C=O) groups excluding carboxylic acids is 1. The van der Waals surface area contributed by atoms with Crippen molar-refractivity contribution in [1.29, 1.82) is 0 Å². The first-order valence-corrected chi connectivity index (χ1v) is 7.05. The van der Waals surface area contributed by atoms with E-state index in [2.05, 4.69) is 34.5 Å². The summed E-state index contributed by atoms with van der Waals surface area (Å²) < 4.78 is 5.58. The molecule has 0 aromatic heterocycles. The molecule has 100 valence electrons. The van der Waals surface area contributed by atoms with Crippen LogP contribution in [0.1, 0.15) is 30.0 Å². The van der Waals surface area contributed by atoms with Gasteiger partial charge in [0.2, 0.25) is 0 Å². The zero-order chi connectivity index (χ0) is 12.9. The van der Waals surface area contributed by atoms with Gasteiger partial charge in [0.1, 0.15) is 5.60 Å². The minimum Gasteiger partial charge on any atom is -0.441 e. The summed E-state index contributed by atoms with van der Waals surface area (Å²) in [5.41, 5.74) is 2.61. The maximum absolute atomic E-state index is 11.4. The molecule has 0 aliphatic carbocycles. The maximum Gasteiger partial charge on any atom is 0.407 e. The molecule has 0 saturated carbocycles. The van der Waals surface area contributed by atoms with Crippen molar-refractivity contribution in [3.63, 3.8) is 0 Å². The highest BCUT2D eigenvalue weighted by Gasteiger charge is 2.47. The van der Waals surface area contributed by atoms with Gasteiger partial charge in [0.05, 0.1) is 6.54 Å². The Hall–Kier alpha value is -1.55. The maximum atomic E-state index is 11.4. The molecule has 4 nitrogen and oxygen atoms in total. The van der Waals surface area contributed by atoms with E-state index in [1.54, 1.807) is 0 Å². The standard InChI is InChI=1S/C15H18N2O2/c18-14-16-10-15(19-14)6-8-17-7-5-11-3-1-2-4-12(11)13(17)9-15/h1-4,13H,5-10H2,(H,16,18)/t13-,15+/m0/s1. The molecule has 2 atom stereocenters. The van der Waals surface area contributed by atoms with Crippen molar-refractivity contribution in [2.24, 2.45) is 0 Å². The number of hydrogen-bond donors (Lipinski definition) is 1. The van der Waals surface area contributed by atoms with Crippen LogP contribution in [0.5, 0.6) is 0 Å². The summed E-state index contributed by atoms with van der Waals surface area (Å²) in [5, 5.41) is 2.82. The Kier molecular flexibility index (Phi) is 2.36. The molecule has 2 fully saturated rings. The van der Waals surface area contributed by atoms with E-state index in [-0.39, 0.29) is 11.7 Å². The van der Waals surface area contributed by atoms with Crippen LogP contribution in [-0.2, 0) is 11.2 Å². The monoisotopic (exact) mass is 258 g/mol. The van der Waals surface area contributed by atoms with Gasteiger partial charge < -0.3 is 10.1 Å². The Morgan fingerprint density at radius 3 is 3.05 bits per heavy atom. The van der Waals surface area contributed by atoms with E-state index in [0.717, 1.165) is 32.4 Å². The number of alkyl carbamates (subject to hydrolysis) is 1. The van der Waals surface area contributed by atoms with Gasteiger partial charge in [0.15, 0.2) is 0 Å². The van der Waals surface area contributed by atoms with Crippen LogP contribution in [-0.4, -0.2) is 36.2 Å². The van der Waals surface area contributed by atoms with Gasteiger partial charge in [-0.15, -0.1) is 0 Å². The Morgan fingerprint density at radius 2 is 2.21 bits per heavy atom. The number of amides is 1. The molecule has 1 aromatic carbocycles. The van der Waals surface area contributed by atoms with Crippen LogP contribution in [0.3, 0.4) is 0 Å². The van der Waals surface area contributed by atoms with Crippen molar-refractivity contribution < 1.29 is 9.53 Å². The lowest BCUT2D eigenvalue weighted by Gasteiger charge is -2.46. The fourth-order valence-corrected chi connectivity index (χ4v) is 3.77. The summed E-state index contributed by atoms with van der Waals surface area (Å²) in [6.07, 6.45) is 2.75. The van der Waals surface area contributed by atoms with E-state index in [4.69, 9.17) is 4.74 Å². The van der Waals surface area contributed by atoms with Crippen LogP contribution in [0.4, 0.5) is 4.79 Å². The lowest BCUT2D eigenvalue weighted by molar-refractivity contribution is -0.0295. The normalized spacial score (nSPS) is 33.5. The van der Waals surface area contributed by atoms with E-state index in [0.29, 0.717) is 12.6 Å². The average molecular weight is 258 g/mol. The van der Waals surface area contributed by atoms with Crippen LogP contribution in [0, 0.1) is 0 Å². The number of carbonyl (C=O) groups is 1. The first-order valence-electron chi connectivity index (χ1n) is 7.05. The zero-order valence-electron chi connectivity index (χ0n) is 10.9. The third-order valence-corrected chi connectivity index (χ3v) is 4.81. The van der Waals surface area contributed by atoms with Gasteiger partial charge in [-0.25, -0.2) is 4.79 Å². The Bertz CT molecular complexity index is 531. The molecular weight excluding hydrogens is 240 g/mol. The van der Waals surface area contributed by atoms with Gasteiger partial charge in [0.25, 0.3) is 0 Å². The number of fused-ring (bicyclic) bond motifs is 3. The van der Waals surface area contributed by atoms with Crippen LogP contribution < -0.4 is 5.32 Å². The quantitative estimate of drug-likeness (QED) is 0.772. The van der Waals surface area contributed by atoms with Crippen molar-refractivity contribution >= 4 is 6.09 Å². The first kappa shape index (κ1) is 11.3. The molecule has 3 aliphatic rings. The molecule has 3 heterocycles. The topological polar surface area (TPSA) is 41.6 Å². The number of rotatable bonds is 0. The fourth-order valence-electron chi connectivity index (χ4n) is 3.77. The number of nitrogens with zero attached hydrogens (tertiary/aromatic N) is 1. The second-order valence-electron chi connectivity index (χ2n) is 5.88. The second kappa shape index (κ2) is 3.97. The number of hydrogen-bond acceptors (Lipinski definition) is 3. The van der Waals surface area contributed by atoms with E-state index < -0.39 is 0 Å². The summed E-state index contributed by atoms with van der Waals surface area (Å²) in [6, 6.07) is 9.10. The summed E-state index contributed by atoms with van der Waals surface area (Å²) in [4.78, 5) is 13.9. The zero-order valence-corrected chi connectivity index (χ0v) is 10.9. The van der Waals surface area contributed by atoms with Crippen molar-refractivity contribution in [1.82, 2.24) is 10.2 Å². The molecule has 1 N–H and O–H groups in total. The fraction of sp³-hybridized carbons (Fsp3) is 0.533. The number of nitrogens with one attached hydrogen (secondary N) is 1. The lowest BCUT2D eigenvalue weighted by atomic mass is 9.79. The summed E-state index contributed by atoms with van der Waals surface area (Å²) in [7, 11) is 0. The van der Waals surface area contributed by atoms with Crippen molar-refractivity contribution in [2.75, 3.05) is 19.6 Å². The molecule has 0 bridgehead atoms. The smallest absolute Gasteiger partial charge is 0.407 e. The van der Waals surface area contributed by atoms with E-state index in [9.17, 15) is 4.79 Å². The van der Waals surface area contributed by atoms with E-state index in [1.165, 1.54) is 11.1 Å². The molecule has 1 amide bonds. The number of benzene rings is 1. The Labute approximate surface area is 112 Å². The molecular formula is C15H18N2O2. The molecule has 1 spiro atoms. The number of ether oxygens (including phenoxy) is 1. The highest BCUT2D eigenvalue weighted by molar-refractivity contribution is 5.70. The van der Waals surface area contributed by atoms with Crippen molar-refractivity contribution in [3.05, 3.63) is 35.4 Å². The average Bonchev–Trinajstić information content (AvgIpc) is 2.80. The largest absolute Gasteiger partial charge is 0.441 e. The molecule has 0 radical (unpaired) electrons. The number of piperidine rings is 1. The third kappa shape index (κ3) is 1.74. The predicted molar refractivity (Wildman–Crippen MR) is 70.9 cm³/mol. The van der Waals surface area contributed by atoms with Crippen LogP contribution in [0.15, 0.2) is 24.3 Å². The van der Waals surface area contributed by atoms with Gasteiger partial charge in [-0.3, -0.25) is 4.90 Å². The van der Waals surface area contributed by atoms with Crippen LogP contribution in [0.25, 0.3) is 0 Å². The summed E-state index contributed by atoms with van der Waals surface area (Å²) in [6.45, 7) is 2.81. The second-order valence-corrected chi connectivity index (χ2v) is 5.88. The molecule has 19 heavy (non-hydrogen) atoms. The lowest BCUT2D eigenvalue weighted by Crippen LogP contribution is -2.50. The highest BCUT2D eigenvalue weighted by Crippen LogP contribution is 2.43. The Morgan fingerprint density at radius 1 is 1.32 bits per heavy atom. The van der Waals surface area contributed by atoms with Gasteiger partial charge >= 0.3 is 6.09 Å².